The smallest absolute Gasteiger partial charge is 0.180 e. The summed E-state index contributed by atoms with van der Waals surface area (Å²) >= 11 is 7.55. The molecule has 0 spiro atoms. The fourth-order valence-electron chi connectivity index (χ4n) is 1.64. The minimum Gasteiger partial charge on any atom is -0.487 e. The minimum atomic E-state index is 0.408. The first-order valence-electron chi connectivity index (χ1n) is 6.56. The third-order valence-corrected chi connectivity index (χ3v) is 3.56. The molecule has 0 amide bonds. The number of ether oxygens (including phenoxy) is 1. The van der Waals surface area contributed by atoms with Gasteiger partial charge in [-0.1, -0.05) is 53.7 Å². The quantitative estimate of drug-likeness (QED) is 0.512. The third kappa shape index (κ3) is 5.09. The molecule has 0 aliphatic heterocycles. The first-order valence-corrected chi connectivity index (χ1v) is 8.16. The van der Waals surface area contributed by atoms with Crippen LogP contribution in [0.5, 0.6) is 5.75 Å². The number of benzene rings is 2. The van der Waals surface area contributed by atoms with Crippen molar-refractivity contribution in [2.45, 2.75) is 6.61 Å². The monoisotopic (exact) mass is 333 g/mol. The molecule has 22 heavy (non-hydrogen) atoms. The summed E-state index contributed by atoms with van der Waals surface area (Å²) in [6.45, 7) is 0.475. The maximum absolute atomic E-state index is 6.21. The SMILES string of the molecule is CS/C(N)=N/N=C\c1ccc(OCc2ccccc2)c(Cl)c1. The Balaban J connectivity index is 2.00. The van der Waals surface area contributed by atoms with Gasteiger partial charge < -0.3 is 10.5 Å². The van der Waals surface area contributed by atoms with Gasteiger partial charge in [-0.2, -0.15) is 5.10 Å². The lowest BCUT2D eigenvalue weighted by atomic mass is 10.2. The molecule has 0 unspecified atom stereocenters. The molecule has 0 heterocycles. The van der Waals surface area contributed by atoms with Crippen molar-refractivity contribution < 1.29 is 4.74 Å². The fourth-order valence-corrected chi connectivity index (χ4v) is 2.02. The van der Waals surface area contributed by atoms with Crippen LogP contribution in [0, 0.1) is 0 Å². The second-order valence-electron chi connectivity index (χ2n) is 4.35. The largest absolute Gasteiger partial charge is 0.487 e. The van der Waals surface area contributed by atoms with Crippen LogP contribution in [0.15, 0.2) is 58.7 Å². The Bertz CT molecular complexity index is 674. The van der Waals surface area contributed by atoms with Crippen molar-refractivity contribution in [1.82, 2.24) is 0 Å². The first-order chi connectivity index (χ1) is 10.7. The molecular weight excluding hydrogens is 318 g/mol. The molecule has 2 N–H and O–H groups in total. The maximum Gasteiger partial charge on any atom is 0.180 e. The van der Waals surface area contributed by atoms with Gasteiger partial charge in [0, 0.05) is 0 Å². The Kier molecular flexibility index (Phi) is 6.30. The van der Waals surface area contributed by atoms with Gasteiger partial charge in [-0.25, -0.2) is 0 Å². The zero-order valence-corrected chi connectivity index (χ0v) is 13.6. The molecule has 0 aromatic heterocycles. The Morgan fingerprint density at radius 3 is 2.73 bits per heavy atom. The highest BCUT2D eigenvalue weighted by atomic mass is 35.5. The molecule has 114 valence electrons. The molecule has 0 radical (unpaired) electrons. The van der Waals surface area contributed by atoms with Gasteiger partial charge in [0.15, 0.2) is 5.17 Å². The molecule has 2 aromatic rings. The van der Waals surface area contributed by atoms with Crippen molar-refractivity contribution in [2.75, 3.05) is 6.26 Å². The second-order valence-corrected chi connectivity index (χ2v) is 5.58. The second kappa shape index (κ2) is 8.46. The zero-order chi connectivity index (χ0) is 15.8. The van der Waals surface area contributed by atoms with Gasteiger partial charge in [-0.3, -0.25) is 0 Å². The van der Waals surface area contributed by atoms with Crippen LogP contribution in [0.25, 0.3) is 0 Å². The Labute approximate surface area is 139 Å². The van der Waals surface area contributed by atoms with Gasteiger partial charge in [0.2, 0.25) is 0 Å². The van der Waals surface area contributed by atoms with Crippen molar-refractivity contribution in [3.05, 3.63) is 64.7 Å². The van der Waals surface area contributed by atoms with E-state index >= 15 is 0 Å². The Morgan fingerprint density at radius 1 is 1.27 bits per heavy atom. The van der Waals surface area contributed by atoms with E-state index in [1.54, 1.807) is 12.3 Å². The summed E-state index contributed by atoms with van der Waals surface area (Å²) in [6.07, 6.45) is 3.43. The van der Waals surface area contributed by atoms with E-state index < -0.39 is 0 Å². The van der Waals surface area contributed by atoms with Crippen molar-refractivity contribution >= 4 is 34.7 Å². The predicted octanol–water partition coefficient (Wildman–Crippen LogP) is 3.93. The lowest BCUT2D eigenvalue weighted by Gasteiger charge is -2.08. The lowest BCUT2D eigenvalue weighted by Crippen LogP contribution is -2.03. The summed E-state index contributed by atoms with van der Waals surface area (Å²) in [5.41, 5.74) is 7.46. The van der Waals surface area contributed by atoms with Gasteiger partial charge in [-0.15, -0.1) is 5.10 Å². The number of rotatable bonds is 5. The van der Waals surface area contributed by atoms with Crippen LogP contribution in [0.1, 0.15) is 11.1 Å². The van der Waals surface area contributed by atoms with Crippen molar-refractivity contribution in [2.24, 2.45) is 15.9 Å². The van der Waals surface area contributed by atoms with Crippen LogP contribution in [0.2, 0.25) is 5.02 Å². The Morgan fingerprint density at radius 2 is 2.05 bits per heavy atom. The summed E-state index contributed by atoms with van der Waals surface area (Å²) < 4.78 is 5.71. The molecule has 4 nitrogen and oxygen atoms in total. The molecule has 0 saturated heterocycles. The van der Waals surface area contributed by atoms with E-state index in [4.69, 9.17) is 22.1 Å². The average molecular weight is 334 g/mol. The van der Waals surface area contributed by atoms with E-state index in [0.29, 0.717) is 22.5 Å². The van der Waals surface area contributed by atoms with Crippen LogP contribution in [-0.2, 0) is 6.61 Å². The predicted molar refractivity (Wildman–Crippen MR) is 95.0 cm³/mol. The molecule has 0 aliphatic carbocycles. The zero-order valence-electron chi connectivity index (χ0n) is 12.1. The van der Waals surface area contributed by atoms with E-state index in [-0.39, 0.29) is 0 Å². The van der Waals surface area contributed by atoms with E-state index in [1.165, 1.54) is 11.8 Å². The van der Waals surface area contributed by atoms with Crippen LogP contribution in [0.3, 0.4) is 0 Å². The maximum atomic E-state index is 6.21. The molecule has 0 atom stereocenters. The fraction of sp³-hybridized carbons (Fsp3) is 0.125. The number of nitrogens with two attached hydrogens (primary N) is 1. The normalized spacial score (nSPS) is 11.8. The van der Waals surface area contributed by atoms with Gasteiger partial charge in [-0.05, 0) is 35.6 Å². The van der Waals surface area contributed by atoms with E-state index in [2.05, 4.69) is 10.2 Å². The molecule has 0 bridgehead atoms. The molecule has 0 aliphatic rings. The van der Waals surface area contributed by atoms with Gasteiger partial charge in [0.25, 0.3) is 0 Å². The summed E-state index contributed by atoms with van der Waals surface area (Å²) in [5.74, 6) is 0.634. The number of halogens is 1. The highest BCUT2D eigenvalue weighted by Gasteiger charge is 2.03. The highest BCUT2D eigenvalue weighted by Crippen LogP contribution is 2.25. The standard InChI is InChI=1S/C16H16ClN3OS/c1-22-16(18)20-19-10-13-7-8-15(14(17)9-13)21-11-12-5-3-2-4-6-12/h2-10H,11H2,1H3,(H2,18,20)/b19-10-. The van der Waals surface area contributed by atoms with Crippen molar-refractivity contribution in [3.8, 4) is 5.75 Å². The number of amidine groups is 1. The summed E-state index contributed by atoms with van der Waals surface area (Å²) in [6, 6.07) is 15.4. The molecule has 2 rings (SSSR count). The summed E-state index contributed by atoms with van der Waals surface area (Å²) in [5, 5.41) is 8.65. The van der Waals surface area contributed by atoms with Gasteiger partial charge in [0.1, 0.15) is 12.4 Å². The van der Waals surface area contributed by atoms with Crippen LogP contribution in [-0.4, -0.2) is 17.6 Å². The van der Waals surface area contributed by atoms with Crippen molar-refractivity contribution in [1.29, 1.82) is 0 Å². The molecule has 0 saturated carbocycles. The highest BCUT2D eigenvalue weighted by molar-refractivity contribution is 8.13. The third-order valence-electron chi connectivity index (χ3n) is 2.77. The van der Waals surface area contributed by atoms with E-state index in [1.807, 2.05) is 48.7 Å². The van der Waals surface area contributed by atoms with E-state index in [0.717, 1.165) is 11.1 Å². The molecule has 0 fully saturated rings. The average Bonchev–Trinajstić information content (AvgIpc) is 2.55. The van der Waals surface area contributed by atoms with Crippen LogP contribution < -0.4 is 10.5 Å². The number of nitrogens with zero attached hydrogens (tertiary/aromatic N) is 2. The number of thioether (sulfide) groups is 1. The Hall–Kier alpha value is -1.98. The lowest BCUT2D eigenvalue weighted by molar-refractivity contribution is 0.306. The van der Waals surface area contributed by atoms with Crippen LogP contribution in [0.4, 0.5) is 0 Å². The van der Waals surface area contributed by atoms with E-state index in [9.17, 15) is 0 Å². The number of hydrogen-bond donors (Lipinski definition) is 1. The van der Waals surface area contributed by atoms with Crippen molar-refractivity contribution in [3.63, 3.8) is 0 Å². The number of hydrogen-bond acceptors (Lipinski definition) is 4. The molecular formula is C16H16ClN3OS. The van der Waals surface area contributed by atoms with Crippen LogP contribution >= 0.6 is 23.4 Å². The minimum absolute atomic E-state index is 0.408. The topological polar surface area (TPSA) is 60.0 Å². The summed E-state index contributed by atoms with van der Waals surface area (Å²) in [4.78, 5) is 0. The molecule has 2 aromatic carbocycles. The van der Waals surface area contributed by atoms with Gasteiger partial charge >= 0.3 is 0 Å². The first kappa shape index (κ1) is 16.4. The van der Waals surface area contributed by atoms with Gasteiger partial charge in [0.05, 0.1) is 11.2 Å². The molecule has 6 heteroatoms. The summed E-state index contributed by atoms with van der Waals surface area (Å²) in [7, 11) is 0.